The third-order valence-electron chi connectivity index (χ3n) is 1.92. The maximum absolute atomic E-state index is 12.6. The fraction of sp³-hybridized carbons (Fsp3) is 0.400. The van der Waals surface area contributed by atoms with E-state index < -0.39 is 12.5 Å². The van der Waals surface area contributed by atoms with Crippen molar-refractivity contribution in [1.29, 1.82) is 0 Å². The molecule has 1 aromatic carbocycles. The Morgan fingerprint density at radius 1 is 1.36 bits per heavy atom. The van der Waals surface area contributed by atoms with Crippen LogP contribution in [-0.4, -0.2) is 13.0 Å². The fourth-order valence-corrected chi connectivity index (χ4v) is 1.54. The number of rotatable bonds is 4. The summed E-state index contributed by atoms with van der Waals surface area (Å²) < 4.78 is 25.3. The molecule has 0 bridgehead atoms. The van der Waals surface area contributed by atoms with E-state index in [1.807, 2.05) is 0 Å². The summed E-state index contributed by atoms with van der Waals surface area (Å²) in [7, 11) is 0. The zero-order valence-electron chi connectivity index (χ0n) is 7.81. The van der Waals surface area contributed by atoms with E-state index in [-0.39, 0.29) is 0 Å². The smallest absolute Gasteiger partial charge is 0.257 e. The van der Waals surface area contributed by atoms with Gasteiger partial charge in [-0.25, -0.2) is 8.78 Å². The van der Waals surface area contributed by atoms with Crippen LogP contribution >= 0.6 is 11.6 Å². The van der Waals surface area contributed by atoms with E-state index in [1.54, 1.807) is 31.2 Å². The van der Waals surface area contributed by atoms with E-state index in [0.29, 0.717) is 17.1 Å². The second-order valence-electron chi connectivity index (χ2n) is 2.89. The van der Waals surface area contributed by atoms with Gasteiger partial charge >= 0.3 is 0 Å². The standard InChI is InChI=1S/C10H12ClF2N/c1-2-14-9(10(12)13)7-5-3-4-6-8(7)11/h3-6,9-10,14H,2H2,1H3. The number of benzene rings is 1. The van der Waals surface area contributed by atoms with Crippen molar-refractivity contribution in [2.24, 2.45) is 0 Å². The SMILES string of the molecule is CCNC(c1ccccc1Cl)C(F)F. The van der Waals surface area contributed by atoms with Gasteiger partial charge in [0.25, 0.3) is 6.43 Å². The van der Waals surface area contributed by atoms with E-state index in [2.05, 4.69) is 5.32 Å². The molecule has 0 aromatic heterocycles. The number of alkyl halides is 2. The molecule has 78 valence electrons. The van der Waals surface area contributed by atoms with Crippen LogP contribution in [0.5, 0.6) is 0 Å². The number of halogens is 3. The minimum Gasteiger partial charge on any atom is -0.305 e. The first-order valence-corrected chi connectivity index (χ1v) is 4.80. The predicted molar refractivity (Wildman–Crippen MR) is 53.9 cm³/mol. The Morgan fingerprint density at radius 2 is 2.00 bits per heavy atom. The van der Waals surface area contributed by atoms with Crippen molar-refractivity contribution in [3.05, 3.63) is 34.9 Å². The van der Waals surface area contributed by atoms with Crippen molar-refractivity contribution in [3.63, 3.8) is 0 Å². The summed E-state index contributed by atoms with van der Waals surface area (Å²) in [6.07, 6.45) is -2.45. The molecule has 1 rings (SSSR count). The van der Waals surface area contributed by atoms with Gasteiger partial charge in [0.1, 0.15) is 0 Å². The average molecular weight is 220 g/mol. The molecule has 0 saturated carbocycles. The van der Waals surface area contributed by atoms with E-state index in [4.69, 9.17) is 11.6 Å². The molecule has 0 aliphatic rings. The van der Waals surface area contributed by atoms with Crippen LogP contribution in [0.25, 0.3) is 0 Å². The van der Waals surface area contributed by atoms with E-state index in [0.717, 1.165) is 0 Å². The summed E-state index contributed by atoms with van der Waals surface area (Å²) in [6.45, 7) is 2.27. The van der Waals surface area contributed by atoms with Crippen molar-refractivity contribution in [2.45, 2.75) is 19.4 Å². The average Bonchev–Trinajstić information content (AvgIpc) is 2.15. The molecular weight excluding hydrogens is 208 g/mol. The van der Waals surface area contributed by atoms with Gasteiger partial charge in [-0.2, -0.15) is 0 Å². The van der Waals surface area contributed by atoms with Crippen molar-refractivity contribution in [3.8, 4) is 0 Å². The number of nitrogens with one attached hydrogen (secondary N) is 1. The highest BCUT2D eigenvalue weighted by atomic mass is 35.5. The number of hydrogen-bond donors (Lipinski definition) is 1. The van der Waals surface area contributed by atoms with Gasteiger partial charge in [0, 0.05) is 5.02 Å². The summed E-state index contributed by atoms with van der Waals surface area (Å²) in [5, 5.41) is 3.08. The first-order chi connectivity index (χ1) is 6.66. The lowest BCUT2D eigenvalue weighted by atomic mass is 10.1. The second kappa shape index (κ2) is 5.27. The van der Waals surface area contributed by atoms with Crippen molar-refractivity contribution in [2.75, 3.05) is 6.54 Å². The molecule has 0 spiro atoms. The van der Waals surface area contributed by atoms with E-state index in [1.165, 1.54) is 0 Å². The predicted octanol–water partition coefficient (Wildman–Crippen LogP) is 3.26. The van der Waals surface area contributed by atoms with Gasteiger partial charge in [-0.3, -0.25) is 0 Å². The van der Waals surface area contributed by atoms with Crippen LogP contribution in [0.1, 0.15) is 18.5 Å². The molecule has 0 fully saturated rings. The highest BCUT2D eigenvalue weighted by Gasteiger charge is 2.22. The monoisotopic (exact) mass is 219 g/mol. The molecule has 0 radical (unpaired) electrons. The summed E-state index contributed by atoms with van der Waals surface area (Å²) in [5.41, 5.74) is 0.450. The van der Waals surface area contributed by atoms with Crippen molar-refractivity contribution in [1.82, 2.24) is 5.32 Å². The molecule has 1 nitrogen and oxygen atoms in total. The van der Waals surface area contributed by atoms with Crippen LogP contribution in [0.4, 0.5) is 8.78 Å². The lowest BCUT2D eigenvalue weighted by Gasteiger charge is -2.18. The van der Waals surface area contributed by atoms with Gasteiger partial charge in [-0.15, -0.1) is 0 Å². The fourth-order valence-electron chi connectivity index (χ4n) is 1.28. The summed E-state index contributed by atoms with van der Waals surface area (Å²) >= 11 is 5.83. The van der Waals surface area contributed by atoms with Crippen molar-refractivity contribution < 1.29 is 8.78 Å². The molecule has 0 aliphatic heterocycles. The molecule has 4 heteroatoms. The van der Waals surface area contributed by atoms with Gasteiger partial charge in [0.15, 0.2) is 0 Å². The molecule has 1 atom stereocenters. The van der Waals surface area contributed by atoms with Gasteiger partial charge in [-0.1, -0.05) is 36.7 Å². The zero-order valence-corrected chi connectivity index (χ0v) is 8.56. The summed E-state index contributed by atoms with van der Waals surface area (Å²) in [4.78, 5) is 0. The van der Waals surface area contributed by atoms with Gasteiger partial charge in [-0.05, 0) is 18.2 Å². The molecule has 0 heterocycles. The Hall–Kier alpha value is -0.670. The molecule has 14 heavy (non-hydrogen) atoms. The van der Waals surface area contributed by atoms with Crippen LogP contribution in [0.3, 0.4) is 0 Å². The Labute approximate surface area is 87.1 Å². The van der Waals surface area contributed by atoms with Crippen LogP contribution in [-0.2, 0) is 0 Å². The third kappa shape index (κ3) is 2.66. The molecular formula is C10H12ClF2N. The maximum Gasteiger partial charge on any atom is 0.257 e. The normalized spacial score (nSPS) is 13.2. The second-order valence-corrected chi connectivity index (χ2v) is 3.30. The first kappa shape index (κ1) is 11.4. The maximum atomic E-state index is 12.6. The minimum atomic E-state index is -2.45. The Morgan fingerprint density at radius 3 is 2.50 bits per heavy atom. The van der Waals surface area contributed by atoms with Gasteiger partial charge in [0.05, 0.1) is 6.04 Å². The zero-order chi connectivity index (χ0) is 10.6. The number of hydrogen-bond acceptors (Lipinski definition) is 1. The van der Waals surface area contributed by atoms with Gasteiger partial charge in [0.2, 0.25) is 0 Å². The Kier molecular flexibility index (Phi) is 4.29. The van der Waals surface area contributed by atoms with Crippen molar-refractivity contribution >= 4 is 11.6 Å². The van der Waals surface area contributed by atoms with E-state index >= 15 is 0 Å². The molecule has 1 unspecified atom stereocenters. The van der Waals surface area contributed by atoms with E-state index in [9.17, 15) is 8.78 Å². The topological polar surface area (TPSA) is 12.0 Å². The first-order valence-electron chi connectivity index (χ1n) is 4.42. The molecule has 0 amide bonds. The van der Waals surface area contributed by atoms with Crippen LogP contribution in [0, 0.1) is 0 Å². The lowest BCUT2D eigenvalue weighted by molar-refractivity contribution is 0.0993. The summed E-state index contributed by atoms with van der Waals surface area (Å²) in [5.74, 6) is 0. The molecule has 1 N–H and O–H groups in total. The molecule has 1 aromatic rings. The van der Waals surface area contributed by atoms with Crippen LogP contribution < -0.4 is 5.32 Å². The van der Waals surface area contributed by atoms with Crippen LogP contribution in [0.2, 0.25) is 5.02 Å². The Balaban J connectivity index is 2.93. The van der Waals surface area contributed by atoms with Crippen LogP contribution in [0.15, 0.2) is 24.3 Å². The third-order valence-corrected chi connectivity index (χ3v) is 2.26. The largest absolute Gasteiger partial charge is 0.305 e. The quantitative estimate of drug-likeness (QED) is 0.820. The molecule has 0 aliphatic carbocycles. The summed E-state index contributed by atoms with van der Waals surface area (Å²) in [6, 6.07) is 5.67. The highest BCUT2D eigenvalue weighted by molar-refractivity contribution is 6.31. The minimum absolute atomic E-state index is 0.374. The Bertz CT molecular complexity index is 291. The highest BCUT2D eigenvalue weighted by Crippen LogP contribution is 2.26. The van der Waals surface area contributed by atoms with Gasteiger partial charge < -0.3 is 5.32 Å². The molecule has 0 saturated heterocycles. The lowest BCUT2D eigenvalue weighted by Crippen LogP contribution is -2.27.